The van der Waals surface area contributed by atoms with Crippen LogP contribution in [0.25, 0.3) is 0 Å². The molecule has 2 aliphatic rings. The van der Waals surface area contributed by atoms with E-state index < -0.39 is 0 Å². The molecule has 0 bridgehead atoms. The van der Waals surface area contributed by atoms with Crippen molar-refractivity contribution >= 4 is 22.4 Å². The average molecular weight is 344 g/mol. The SMILES string of the molecule is COc1nc2c(cc1C(=O)N1CCN(c3nccs3)CC1)CCC2. The number of pyridine rings is 1. The average Bonchev–Trinajstić information content (AvgIpc) is 3.31. The molecule has 0 N–H and O–H groups in total. The Hall–Kier alpha value is -2.15. The van der Waals surface area contributed by atoms with E-state index in [1.165, 1.54) is 5.56 Å². The van der Waals surface area contributed by atoms with Crippen molar-refractivity contribution in [3.8, 4) is 5.88 Å². The zero-order chi connectivity index (χ0) is 16.5. The molecule has 2 aromatic rings. The largest absolute Gasteiger partial charge is 0.480 e. The Labute approximate surface area is 145 Å². The fourth-order valence-corrected chi connectivity index (χ4v) is 4.10. The van der Waals surface area contributed by atoms with Gasteiger partial charge in [-0.3, -0.25) is 4.79 Å². The quantitative estimate of drug-likeness (QED) is 0.852. The highest BCUT2D eigenvalue weighted by Crippen LogP contribution is 2.28. The summed E-state index contributed by atoms with van der Waals surface area (Å²) in [7, 11) is 1.58. The van der Waals surface area contributed by atoms with Gasteiger partial charge in [0, 0.05) is 43.4 Å². The molecule has 0 atom stereocenters. The number of carbonyl (C=O) groups excluding carboxylic acids is 1. The van der Waals surface area contributed by atoms with E-state index in [0.29, 0.717) is 24.5 Å². The molecule has 1 aliphatic heterocycles. The summed E-state index contributed by atoms with van der Waals surface area (Å²) in [6.07, 6.45) is 4.91. The van der Waals surface area contributed by atoms with Crippen molar-refractivity contribution in [1.29, 1.82) is 0 Å². The number of amides is 1. The zero-order valence-corrected chi connectivity index (χ0v) is 14.5. The minimum absolute atomic E-state index is 0.0211. The first-order valence-electron chi connectivity index (χ1n) is 8.27. The predicted octanol–water partition coefficient (Wildman–Crippen LogP) is 2.00. The van der Waals surface area contributed by atoms with Gasteiger partial charge in [0.15, 0.2) is 5.13 Å². The number of methoxy groups -OCH3 is 1. The van der Waals surface area contributed by atoms with Crippen molar-refractivity contribution in [3.05, 3.63) is 34.5 Å². The lowest BCUT2D eigenvalue weighted by Crippen LogP contribution is -2.48. The monoisotopic (exact) mass is 344 g/mol. The van der Waals surface area contributed by atoms with Crippen LogP contribution in [0, 0.1) is 0 Å². The van der Waals surface area contributed by atoms with Crippen LogP contribution in [0.2, 0.25) is 0 Å². The zero-order valence-electron chi connectivity index (χ0n) is 13.7. The minimum Gasteiger partial charge on any atom is -0.480 e. The van der Waals surface area contributed by atoms with Crippen LogP contribution in [-0.2, 0) is 12.8 Å². The fraction of sp³-hybridized carbons (Fsp3) is 0.471. The van der Waals surface area contributed by atoms with E-state index in [0.717, 1.165) is 43.2 Å². The number of ether oxygens (including phenoxy) is 1. The smallest absolute Gasteiger partial charge is 0.259 e. The third kappa shape index (κ3) is 2.73. The Morgan fingerprint density at radius 1 is 1.25 bits per heavy atom. The number of nitrogens with zero attached hydrogens (tertiary/aromatic N) is 4. The molecule has 0 radical (unpaired) electrons. The van der Waals surface area contributed by atoms with Gasteiger partial charge in [0.2, 0.25) is 5.88 Å². The molecular weight excluding hydrogens is 324 g/mol. The molecule has 0 saturated carbocycles. The van der Waals surface area contributed by atoms with Gasteiger partial charge >= 0.3 is 0 Å². The molecule has 24 heavy (non-hydrogen) atoms. The van der Waals surface area contributed by atoms with Gasteiger partial charge in [-0.05, 0) is 30.9 Å². The second-order valence-corrected chi connectivity index (χ2v) is 6.97. The summed E-state index contributed by atoms with van der Waals surface area (Å²) < 4.78 is 5.39. The van der Waals surface area contributed by atoms with Crippen LogP contribution < -0.4 is 9.64 Å². The van der Waals surface area contributed by atoms with Gasteiger partial charge in [0.1, 0.15) is 5.56 Å². The van der Waals surface area contributed by atoms with Gasteiger partial charge in [0.25, 0.3) is 5.91 Å². The summed E-state index contributed by atoms with van der Waals surface area (Å²) in [6, 6.07) is 1.99. The van der Waals surface area contributed by atoms with E-state index in [9.17, 15) is 4.79 Å². The summed E-state index contributed by atoms with van der Waals surface area (Å²) in [6.45, 7) is 3.00. The van der Waals surface area contributed by atoms with Crippen molar-refractivity contribution in [3.63, 3.8) is 0 Å². The number of carbonyl (C=O) groups is 1. The molecule has 4 rings (SSSR count). The Bertz CT molecular complexity index is 739. The van der Waals surface area contributed by atoms with Crippen molar-refractivity contribution in [2.45, 2.75) is 19.3 Å². The summed E-state index contributed by atoms with van der Waals surface area (Å²) >= 11 is 1.64. The highest BCUT2D eigenvalue weighted by molar-refractivity contribution is 7.13. The third-order valence-electron chi connectivity index (χ3n) is 4.70. The number of thiazole rings is 1. The lowest BCUT2D eigenvalue weighted by molar-refractivity contribution is 0.0742. The van der Waals surface area contributed by atoms with Gasteiger partial charge in [0.05, 0.1) is 7.11 Å². The van der Waals surface area contributed by atoms with Gasteiger partial charge < -0.3 is 14.5 Å². The van der Waals surface area contributed by atoms with Crippen molar-refractivity contribution in [2.24, 2.45) is 0 Å². The van der Waals surface area contributed by atoms with Gasteiger partial charge in [-0.15, -0.1) is 11.3 Å². The lowest BCUT2D eigenvalue weighted by atomic mass is 10.1. The standard InChI is InChI=1S/C17H20N4O2S/c1-23-15-13(11-12-3-2-4-14(12)19-15)16(22)20-6-8-21(9-7-20)17-18-5-10-24-17/h5,10-11H,2-4,6-9H2,1H3. The van der Waals surface area contributed by atoms with Gasteiger partial charge in [-0.25, -0.2) is 9.97 Å². The highest BCUT2D eigenvalue weighted by Gasteiger charge is 2.27. The van der Waals surface area contributed by atoms with Crippen LogP contribution >= 0.6 is 11.3 Å². The number of anilines is 1. The maximum Gasteiger partial charge on any atom is 0.259 e. The molecule has 1 amide bonds. The summed E-state index contributed by atoms with van der Waals surface area (Å²) in [5, 5.41) is 3.01. The van der Waals surface area contributed by atoms with E-state index in [1.807, 2.05) is 22.5 Å². The van der Waals surface area contributed by atoms with E-state index in [2.05, 4.69) is 14.9 Å². The Kier molecular flexibility index (Phi) is 4.10. The molecule has 126 valence electrons. The predicted molar refractivity (Wildman–Crippen MR) is 93.0 cm³/mol. The van der Waals surface area contributed by atoms with Crippen LogP contribution in [0.5, 0.6) is 5.88 Å². The molecule has 0 aromatic carbocycles. The molecule has 1 aliphatic carbocycles. The first-order chi connectivity index (χ1) is 11.8. The number of fused-ring (bicyclic) bond motifs is 1. The number of aryl methyl sites for hydroxylation is 2. The van der Waals surface area contributed by atoms with Crippen LogP contribution in [0.4, 0.5) is 5.13 Å². The Balaban J connectivity index is 1.50. The van der Waals surface area contributed by atoms with Crippen LogP contribution in [0.15, 0.2) is 17.6 Å². The van der Waals surface area contributed by atoms with Gasteiger partial charge in [-0.1, -0.05) is 0 Å². The van der Waals surface area contributed by atoms with Crippen molar-refractivity contribution in [1.82, 2.24) is 14.9 Å². The topological polar surface area (TPSA) is 58.6 Å². The maximum atomic E-state index is 12.9. The van der Waals surface area contributed by atoms with Crippen LogP contribution in [0.3, 0.4) is 0 Å². The number of piperazine rings is 1. The molecule has 6 nitrogen and oxygen atoms in total. The first-order valence-corrected chi connectivity index (χ1v) is 9.14. The normalized spacial score (nSPS) is 17.0. The molecule has 0 spiro atoms. The molecule has 7 heteroatoms. The third-order valence-corrected chi connectivity index (χ3v) is 5.53. The minimum atomic E-state index is 0.0211. The maximum absolute atomic E-state index is 12.9. The number of aromatic nitrogens is 2. The number of rotatable bonds is 3. The van der Waals surface area contributed by atoms with Crippen molar-refractivity contribution in [2.75, 3.05) is 38.2 Å². The molecule has 1 fully saturated rings. The second-order valence-electron chi connectivity index (χ2n) is 6.10. The fourth-order valence-electron chi connectivity index (χ4n) is 3.41. The Morgan fingerprint density at radius 2 is 2.08 bits per heavy atom. The summed E-state index contributed by atoms with van der Waals surface area (Å²) in [5.41, 5.74) is 2.87. The van der Waals surface area contributed by atoms with Crippen molar-refractivity contribution < 1.29 is 9.53 Å². The number of hydrogen-bond acceptors (Lipinski definition) is 6. The van der Waals surface area contributed by atoms with E-state index in [1.54, 1.807) is 18.4 Å². The molecular formula is C17H20N4O2S. The van der Waals surface area contributed by atoms with Crippen LogP contribution in [0.1, 0.15) is 28.0 Å². The van der Waals surface area contributed by atoms with Crippen LogP contribution in [-0.4, -0.2) is 54.1 Å². The summed E-state index contributed by atoms with van der Waals surface area (Å²) in [4.78, 5) is 26.0. The molecule has 0 unspecified atom stereocenters. The van der Waals surface area contributed by atoms with Gasteiger partial charge in [-0.2, -0.15) is 0 Å². The second kappa shape index (κ2) is 6.39. The molecule has 1 saturated heterocycles. The number of hydrogen-bond donors (Lipinski definition) is 0. The summed E-state index contributed by atoms with van der Waals surface area (Å²) in [5.74, 6) is 0.482. The highest BCUT2D eigenvalue weighted by atomic mass is 32.1. The first kappa shape index (κ1) is 15.4. The molecule has 2 aromatic heterocycles. The van der Waals surface area contributed by atoms with E-state index in [4.69, 9.17) is 4.74 Å². The Morgan fingerprint density at radius 3 is 2.79 bits per heavy atom. The lowest BCUT2D eigenvalue weighted by Gasteiger charge is -2.34. The van der Waals surface area contributed by atoms with E-state index in [-0.39, 0.29) is 5.91 Å². The molecule has 3 heterocycles. The van der Waals surface area contributed by atoms with E-state index >= 15 is 0 Å².